The molecule has 0 bridgehead atoms. The Kier molecular flexibility index (Phi) is 3.96. The van der Waals surface area contributed by atoms with Gasteiger partial charge in [-0.15, -0.1) is 0 Å². The van der Waals surface area contributed by atoms with Crippen molar-refractivity contribution in [1.29, 1.82) is 0 Å². The minimum atomic E-state index is 0.0693. The molecule has 1 unspecified atom stereocenters. The van der Waals surface area contributed by atoms with Crippen molar-refractivity contribution in [3.8, 4) is 5.75 Å². The second kappa shape index (κ2) is 5.01. The summed E-state index contributed by atoms with van der Waals surface area (Å²) in [5.74, 6) is 0.952. The number of aliphatic hydroxyl groups excluding tert-OH is 1. The second-order valence-corrected chi connectivity index (χ2v) is 3.66. The average Bonchev–Trinajstić information content (AvgIpc) is 2.12. The molecule has 1 aromatic carbocycles. The van der Waals surface area contributed by atoms with Crippen LogP contribution in [-0.2, 0) is 0 Å². The molecule has 0 aliphatic heterocycles. The van der Waals surface area contributed by atoms with Crippen LogP contribution < -0.4 is 4.74 Å². The average molecular weight is 194 g/mol. The number of aliphatic hydroxyl groups is 1. The number of ether oxygens (including phenoxy) is 1. The zero-order chi connectivity index (χ0) is 10.6. The monoisotopic (exact) mass is 194 g/mol. The predicted molar refractivity (Wildman–Crippen MR) is 57.7 cm³/mol. The molecular formula is C12H18O2. The Labute approximate surface area is 85.5 Å². The zero-order valence-electron chi connectivity index (χ0n) is 9.08. The van der Waals surface area contributed by atoms with E-state index < -0.39 is 0 Å². The van der Waals surface area contributed by atoms with Crippen molar-refractivity contribution < 1.29 is 9.84 Å². The summed E-state index contributed by atoms with van der Waals surface area (Å²) in [6, 6.07) is 6.09. The van der Waals surface area contributed by atoms with Crippen molar-refractivity contribution in [2.24, 2.45) is 0 Å². The molecule has 0 saturated carbocycles. The van der Waals surface area contributed by atoms with E-state index in [1.807, 2.05) is 39.0 Å². The second-order valence-electron chi connectivity index (χ2n) is 3.66. The van der Waals surface area contributed by atoms with E-state index >= 15 is 0 Å². The number of aryl methyl sites for hydroxylation is 2. The fourth-order valence-electron chi connectivity index (χ4n) is 1.43. The molecule has 0 aliphatic carbocycles. The fraction of sp³-hybridized carbons (Fsp3) is 0.500. The van der Waals surface area contributed by atoms with E-state index in [4.69, 9.17) is 9.84 Å². The molecule has 1 aromatic rings. The van der Waals surface area contributed by atoms with Crippen LogP contribution in [0.4, 0.5) is 0 Å². The normalized spacial score (nSPS) is 12.6. The molecule has 0 amide bonds. The molecule has 1 atom stereocenters. The molecule has 1 N–H and O–H groups in total. The molecule has 78 valence electrons. The number of rotatable bonds is 4. The van der Waals surface area contributed by atoms with E-state index in [0.29, 0.717) is 6.42 Å². The molecule has 1 rings (SSSR count). The minimum absolute atomic E-state index is 0.0693. The number of hydrogen-bond acceptors (Lipinski definition) is 2. The lowest BCUT2D eigenvalue weighted by Gasteiger charge is -2.17. The standard InChI is InChI=1S/C12H18O2/c1-9-5-4-6-10(2)12(9)14-11(3)7-8-13/h4-6,11,13H,7-8H2,1-3H3. The van der Waals surface area contributed by atoms with Gasteiger partial charge in [-0.25, -0.2) is 0 Å². The Hall–Kier alpha value is -1.02. The van der Waals surface area contributed by atoms with Gasteiger partial charge in [0.1, 0.15) is 5.75 Å². The molecule has 0 radical (unpaired) electrons. The summed E-state index contributed by atoms with van der Waals surface area (Å²) in [5.41, 5.74) is 2.30. The maximum absolute atomic E-state index is 8.77. The van der Waals surface area contributed by atoms with Crippen LogP contribution in [0.3, 0.4) is 0 Å². The molecule has 0 aromatic heterocycles. The fourth-order valence-corrected chi connectivity index (χ4v) is 1.43. The first-order valence-electron chi connectivity index (χ1n) is 4.99. The van der Waals surface area contributed by atoms with Crippen molar-refractivity contribution in [2.75, 3.05) is 6.61 Å². The molecule has 0 spiro atoms. The molecule has 2 heteroatoms. The number of benzene rings is 1. The lowest BCUT2D eigenvalue weighted by Crippen LogP contribution is -2.14. The minimum Gasteiger partial charge on any atom is -0.490 e. The smallest absolute Gasteiger partial charge is 0.125 e. The molecule has 0 heterocycles. The van der Waals surface area contributed by atoms with Crippen molar-refractivity contribution in [2.45, 2.75) is 33.3 Å². The van der Waals surface area contributed by atoms with Crippen LogP contribution in [-0.4, -0.2) is 17.8 Å². The Bertz CT molecular complexity index is 274. The predicted octanol–water partition coefficient (Wildman–Crippen LogP) is 2.45. The lowest BCUT2D eigenvalue weighted by molar-refractivity contribution is 0.167. The summed E-state index contributed by atoms with van der Waals surface area (Å²) in [7, 11) is 0. The van der Waals surface area contributed by atoms with Gasteiger partial charge in [0.2, 0.25) is 0 Å². The van der Waals surface area contributed by atoms with Crippen molar-refractivity contribution in [3.63, 3.8) is 0 Å². The quantitative estimate of drug-likeness (QED) is 0.797. The van der Waals surface area contributed by atoms with Gasteiger partial charge in [0.05, 0.1) is 6.10 Å². The van der Waals surface area contributed by atoms with Gasteiger partial charge >= 0.3 is 0 Å². The van der Waals surface area contributed by atoms with Crippen molar-refractivity contribution >= 4 is 0 Å². The number of hydrogen-bond donors (Lipinski definition) is 1. The maximum Gasteiger partial charge on any atom is 0.125 e. The van der Waals surface area contributed by atoms with Crippen molar-refractivity contribution in [3.05, 3.63) is 29.3 Å². The lowest BCUT2D eigenvalue weighted by atomic mass is 10.1. The van der Waals surface area contributed by atoms with Crippen LogP contribution in [0.15, 0.2) is 18.2 Å². The first-order chi connectivity index (χ1) is 6.65. The first-order valence-corrected chi connectivity index (χ1v) is 4.99. The highest BCUT2D eigenvalue weighted by Crippen LogP contribution is 2.23. The Morgan fingerprint density at radius 1 is 1.29 bits per heavy atom. The highest BCUT2D eigenvalue weighted by Gasteiger charge is 2.07. The van der Waals surface area contributed by atoms with Gasteiger partial charge in [0, 0.05) is 13.0 Å². The SMILES string of the molecule is Cc1cccc(C)c1OC(C)CCO. The largest absolute Gasteiger partial charge is 0.490 e. The van der Waals surface area contributed by atoms with Gasteiger partial charge in [-0.2, -0.15) is 0 Å². The van der Waals surface area contributed by atoms with E-state index in [0.717, 1.165) is 16.9 Å². The van der Waals surface area contributed by atoms with E-state index in [-0.39, 0.29) is 12.7 Å². The third kappa shape index (κ3) is 2.74. The van der Waals surface area contributed by atoms with Crippen LogP contribution >= 0.6 is 0 Å². The molecule has 0 aliphatic rings. The highest BCUT2D eigenvalue weighted by molar-refractivity contribution is 5.39. The zero-order valence-corrected chi connectivity index (χ0v) is 9.08. The van der Waals surface area contributed by atoms with E-state index in [2.05, 4.69) is 0 Å². The molecule has 2 nitrogen and oxygen atoms in total. The Morgan fingerprint density at radius 3 is 2.36 bits per heavy atom. The summed E-state index contributed by atoms with van der Waals surface area (Å²) in [5, 5.41) is 8.77. The molecular weight excluding hydrogens is 176 g/mol. The summed E-state index contributed by atoms with van der Waals surface area (Å²) in [4.78, 5) is 0. The third-order valence-electron chi connectivity index (χ3n) is 2.26. The van der Waals surface area contributed by atoms with E-state index in [1.54, 1.807) is 0 Å². The number of para-hydroxylation sites is 1. The first kappa shape index (κ1) is 11.1. The molecule has 0 saturated heterocycles. The van der Waals surface area contributed by atoms with Crippen molar-refractivity contribution in [1.82, 2.24) is 0 Å². The highest BCUT2D eigenvalue weighted by atomic mass is 16.5. The van der Waals surface area contributed by atoms with E-state index in [9.17, 15) is 0 Å². The van der Waals surface area contributed by atoms with Gasteiger partial charge in [0.25, 0.3) is 0 Å². The topological polar surface area (TPSA) is 29.5 Å². The maximum atomic E-state index is 8.77. The Morgan fingerprint density at radius 2 is 1.86 bits per heavy atom. The van der Waals surface area contributed by atoms with Gasteiger partial charge < -0.3 is 9.84 Å². The van der Waals surface area contributed by atoms with Crippen LogP contribution in [0, 0.1) is 13.8 Å². The van der Waals surface area contributed by atoms with Gasteiger partial charge in [-0.1, -0.05) is 18.2 Å². The molecule has 0 fully saturated rings. The van der Waals surface area contributed by atoms with Crippen LogP contribution in [0.1, 0.15) is 24.5 Å². The van der Waals surface area contributed by atoms with Crippen LogP contribution in [0.5, 0.6) is 5.75 Å². The van der Waals surface area contributed by atoms with Crippen LogP contribution in [0.25, 0.3) is 0 Å². The van der Waals surface area contributed by atoms with Gasteiger partial charge in [0.15, 0.2) is 0 Å². The Balaban J connectivity index is 2.75. The van der Waals surface area contributed by atoms with E-state index in [1.165, 1.54) is 0 Å². The summed E-state index contributed by atoms with van der Waals surface area (Å²) < 4.78 is 5.76. The summed E-state index contributed by atoms with van der Waals surface area (Å²) in [6.45, 7) is 6.22. The summed E-state index contributed by atoms with van der Waals surface area (Å²) >= 11 is 0. The molecule has 14 heavy (non-hydrogen) atoms. The third-order valence-corrected chi connectivity index (χ3v) is 2.26. The van der Waals surface area contributed by atoms with Crippen LogP contribution in [0.2, 0.25) is 0 Å². The van der Waals surface area contributed by atoms with Gasteiger partial charge in [-0.3, -0.25) is 0 Å². The summed E-state index contributed by atoms with van der Waals surface area (Å²) in [6.07, 6.45) is 0.744. The van der Waals surface area contributed by atoms with Gasteiger partial charge in [-0.05, 0) is 31.9 Å².